The molecule has 0 nitrogen and oxygen atoms in total. The molecular weight excluding hydrogens is 625 g/mol. The fraction of sp³-hybridized carbons (Fsp3) is 0. The van der Waals surface area contributed by atoms with Gasteiger partial charge in [0.15, 0.2) is 0 Å². The highest BCUT2D eigenvalue weighted by atomic mass is 14.3. The lowest BCUT2D eigenvalue weighted by Crippen LogP contribution is -1.91. The Kier molecular flexibility index (Phi) is 5.59. The highest BCUT2D eigenvalue weighted by Crippen LogP contribution is 2.54. The number of benzene rings is 10. The van der Waals surface area contributed by atoms with Gasteiger partial charge in [-0.05, 0) is 132 Å². The van der Waals surface area contributed by atoms with E-state index in [-0.39, 0.29) is 0 Å². The Morgan fingerprint density at radius 1 is 0.212 bits per heavy atom. The van der Waals surface area contributed by atoms with Crippen LogP contribution in [0.2, 0.25) is 0 Å². The highest BCUT2D eigenvalue weighted by molar-refractivity contribution is 6.44. The van der Waals surface area contributed by atoms with Gasteiger partial charge in [0.05, 0.1) is 0 Å². The minimum atomic E-state index is 1.25. The van der Waals surface area contributed by atoms with Crippen LogP contribution in [-0.2, 0) is 0 Å². The molecule has 0 aromatic heterocycles. The summed E-state index contributed by atoms with van der Waals surface area (Å²) in [6.45, 7) is 0. The molecule has 0 spiro atoms. The molecule has 0 aliphatic rings. The molecule has 0 bridgehead atoms. The van der Waals surface area contributed by atoms with Gasteiger partial charge in [-0.3, -0.25) is 0 Å². The summed E-state index contributed by atoms with van der Waals surface area (Å²) in [7, 11) is 0. The third kappa shape index (κ3) is 3.66. The predicted molar refractivity (Wildman–Crippen MR) is 225 cm³/mol. The van der Waals surface area contributed by atoms with Crippen molar-refractivity contribution in [2.45, 2.75) is 0 Å². The summed E-state index contributed by atoms with van der Waals surface area (Å²) in [6.07, 6.45) is 0. The molecule has 12 aromatic carbocycles. The van der Waals surface area contributed by atoms with Crippen LogP contribution in [0, 0.1) is 0 Å². The summed E-state index contributed by atoms with van der Waals surface area (Å²) < 4.78 is 0. The second-order valence-electron chi connectivity index (χ2n) is 14.3. The van der Waals surface area contributed by atoms with Gasteiger partial charge >= 0.3 is 0 Å². The van der Waals surface area contributed by atoms with Gasteiger partial charge in [-0.2, -0.15) is 0 Å². The summed E-state index contributed by atoms with van der Waals surface area (Å²) in [6, 6.07) is 67.9. The Hall–Kier alpha value is -6.76. The summed E-state index contributed by atoms with van der Waals surface area (Å²) in [5, 5.41) is 21.1. The van der Waals surface area contributed by atoms with Crippen LogP contribution in [0.1, 0.15) is 0 Å². The average molecular weight is 655 g/mol. The summed E-state index contributed by atoms with van der Waals surface area (Å²) in [5.41, 5.74) is 7.67. The molecule has 0 saturated carbocycles. The number of hydrogen-bond acceptors (Lipinski definition) is 0. The zero-order chi connectivity index (χ0) is 33.9. The monoisotopic (exact) mass is 654 g/mol. The first-order valence-electron chi connectivity index (χ1n) is 18.2. The van der Waals surface area contributed by atoms with Crippen LogP contribution in [0.25, 0.3) is 120 Å². The van der Waals surface area contributed by atoms with Crippen molar-refractivity contribution in [1.82, 2.24) is 0 Å². The van der Waals surface area contributed by atoms with E-state index in [1.54, 1.807) is 0 Å². The van der Waals surface area contributed by atoms with Gasteiger partial charge in [0.2, 0.25) is 0 Å². The standard InChI is InChI=1S/C52H30/c1-3-14-33(15-4-1)47-45-30-44-38-28-27-35(37-22-9-18-31-13-7-8-21-36(31)37)29-43(38)39-23-12-26-42(49(39)44)50(45)48(34-16-5-2-6-17-34)52-41-25-11-20-32-19-10-24-40(46(32)41)51(47)52/h1-30H. The zero-order valence-corrected chi connectivity index (χ0v) is 28.3. The van der Waals surface area contributed by atoms with Gasteiger partial charge in [-0.25, -0.2) is 0 Å². The molecule has 0 aliphatic heterocycles. The van der Waals surface area contributed by atoms with Crippen LogP contribution in [0.5, 0.6) is 0 Å². The van der Waals surface area contributed by atoms with Crippen molar-refractivity contribution in [2.24, 2.45) is 0 Å². The van der Waals surface area contributed by atoms with E-state index in [2.05, 4.69) is 182 Å². The van der Waals surface area contributed by atoms with Crippen molar-refractivity contribution in [3.63, 3.8) is 0 Å². The second-order valence-corrected chi connectivity index (χ2v) is 14.3. The maximum absolute atomic E-state index is 2.53. The van der Waals surface area contributed by atoms with E-state index in [4.69, 9.17) is 0 Å². The van der Waals surface area contributed by atoms with Crippen LogP contribution < -0.4 is 0 Å². The first-order valence-corrected chi connectivity index (χ1v) is 18.2. The fourth-order valence-electron chi connectivity index (χ4n) is 9.64. The van der Waals surface area contributed by atoms with Crippen LogP contribution in [0.15, 0.2) is 182 Å². The lowest BCUT2D eigenvalue weighted by atomic mass is 9.84. The van der Waals surface area contributed by atoms with Gasteiger partial charge in [0, 0.05) is 0 Å². The SMILES string of the molecule is c1ccc(-c2c3cc4c5ccc(-c6cccc7ccccc67)cc5c5cccc(c3c(-c3ccccc3)c3c6cccc7cccc(c23)c76)c54)cc1. The molecule has 0 N–H and O–H groups in total. The lowest BCUT2D eigenvalue weighted by molar-refractivity contribution is 1.68. The van der Waals surface area contributed by atoms with Gasteiger partial charge in [-0.15, -0.1) is 0 Å². The van der Waals surface area contributed by atoms with E-state index in [0.29, 0.717) is 0 Å². The van der Waals surface area contributed by atoms with E-state index in [9.17, 15) is 0 Å². The minimum absolute atomic E-state index is 1.25. The molecule has 0 aliphatic carbocycles. The smallest absolute Gasteiger partial charge is 0.000719 e. The van der Waals surface area contributed by atoms with Gasteiger partial charge < -0.3 is 0 Å². The minimum Gasteiger partial charge on any atom is -0.0622 e. The van der Waals surface area contributed by atoms with Gasteiger partial charge in [0.1, 0.15) is 0 Å². The Morgan fingerprint density at radius 3 is 1.54 bits per heavy atom. The quantitative estimate of drug-likeness (QED) is 0.166. The summed E-state index contributed by atoms with van der Waals surface area (Å²) >= 11 is 0. The van der Waals surface area contributed by atoms with Crippen molar-refractivity contribution in [2.75, 3.05) is 0 Å². The second kappa shape index (κ2) is 10.4. The molecule has 0 unspecified atom stereocenters. The summed E-state index contributed by atoms with van der Waals surface area (Å²) in [4.78, 5) is 0. The van der Waals surface area contributed by atoms with Crippen LogP contribution in [0.3, 0.4) is 0 Å². The van der Waals surface area contributed by atoms with Crippen LogP contribution >= 0.6 is 0 Å². The van der Waals surface area contributed by atoms with Crippen LogP contribution in [-0.4, -0.2) is 0 Å². The largest absolute Gasteiger partial charge is 0.0622 e. The first-order chi connectivity index (χ1) is 25.8. The maximum atomic E-state index is 2.53. The van der Waals surface area contributed by atoms with Crippen molar-refractivity contribution in [3.8, 4) is 33.4 Å². The van der Waals surface area contributed by atoms with Crippen molar-refractivity contribution in [3.05, 3.63) is 182 Å². The number of fused-ring (bicyclic) bond motifs is 9. The van der Waals surface area contributed by atoms with Crippen molar-refractivity contribution in [1.29, 1.82) is 0 Å². The maximum Gasteiger partial charge on any atom is -0.000719 e. The Morgan fingerprint density at radius 2 is 0.769 bits per heavy atom. The predicted octanol–water partition coefficient (Wildman–Crippen LogP) is 14.8. The molecule has 0 heteroatoms. The lowest BCUT2D eigenvalue weighted by Gasteiger charge is -2.19. The van der Waals surface area contributed by atoms with Crippen LogP contribution in [0.4, 0.5) is 0 Å². The van der Waals surface area contributed by atoms with E-state index < -0.39 is 0 Å². The Balaban J connectivity index is 1.32. The van der Waals surface area contributed by atoms with Gasteiger partial charge in [0.25, 0.3) is 0 Å². The highest BCUT2D eigenvalue weighted by Gasteiger charge is 2.26. The third-order valence-electron chi connectivity index (χ3n) is 11.7. The Labute approximate surface area is 300 Å². The zero-order valence-electron chi connectivity index (χ0n) is 28.3. The van der Waals surface area contributed by atoms with Gasteiger partial charge in [-0.1, -0.05) is 170 Å². The first kappa shape index (κ1) is 28.0. The van der Waals surface area contributed by atoms with Crippen molar-refractivity contribution < 1.29 is 0 Å². The molecule has 238 valence electrons. The molecule has 0 saturated heterocycles. The van der Waals surface area contributed by atoms with Crippen molar-refractivity contribution >= 4 is 86.2 Å². The Bertz CT molecular complexity index is 3360. The molecule has 0 amide bonds. The summed E-state index contributed by atoms with van der Waals surface area (Å²) in [5.74, 6) is 0. The molecule has 12 aromatic rings. The number of hydrogen-bond donors (Lipinski definition) is 0. The topological polar surface area (TPSA) is 0 Å². The van der Waals surface area contributed by atoms with E-state index in [0.717, 1.165) is 0 Å². The van der Waals surface area contributed by atoms with E-state index >= 15 is 0 Å². The molecule has 52 heavy (non-hydrogen) atoms. The molecule has 12 rings (SSSR count). The fourth-order valence-corrected chi connectivity index (χ4v) is 9.64. The molecular formula is C52H30. The van der Waals surface area contributed by atoms with E-state index in [1.165, 1.54) is 120 Å². The molecule has 0 radical (unpaired) electrons. The average Bonchev–Trinajstić information content (AvgIpc) is 3.71. The number of rotatable bonds is 3. The van der Waals surface area contributed by atoms with E-state index in [1.807, 2.05) is 0 Å². The molecule has 0 atom stereocenters. The molecule has 0 heterocycles. The normalized spacial score (nSPS) is 12.2. The molecule has 0 fully saturated rings. The third-order valence-corrected chi connectivity index (χ3v) is 11.7.